The minimum Gasteiger partial charge on any atom is -0.369 e. The first-order chi connectivity index (χ1) is 9.86. The number of hydrogen-bond acceptors (Lipinski definition) is 7. The van der Waals surface area contributed by atoms with Crippen molar-refractivity contribution in [3.8, 4) is 0 Å². The molecule has 0 aliphatic rings. The number of fused-ring (bicyclic) bond motifs is 1. The highest BCUT2D eigenvalue weighted by molar-refractivity contribution is 7.91. The van der Waals surface area contributed by atoms with Gasteiger partial charge >= 0.3 is 0 Å². The van der Waals surface area contributed by atoms with Gasteiger partial charge in [-0.2, -0.15) is 4.98 Å². The van der Waals surface area contributed by atoms with Gasteiger partial charge in [0.1, 0.15) is 12.1 Å². The van der Waals surface area contributed by atoms with Gasteiger partial charge in [0.2, 0.25) is 11.8 Å². The van der Waals surface area contributed by atoms with Crippen LogP contribution in [-0.2, 0) is 16.4 Å². The normalized spacial score (nSPS) is 12.1. The number of nitrogens with two attached hydrogens (primary N) is 1. The fraction of sp³-hybridized carbons (Fsp3) is 0.250. The maximum atomic E-state index is 11.8. The van der Waals surface area contributed by atoms with E-state index in [2.05, 4.69) is 15.1 Å². The summed E-state index contributed by atoms with van der Waals surface area (Å²) >= 11 is 0. The summed E-state index contributed by atoms with van der Waals surface area (Å²) in [5, 5.41) is 3.71. The number of rotatable bonds is 3. The van der Waals surface area contributed by atoms with Crippen LogP contribution in [0.3, 0.4) is 0 Å². The van der Waals surface area contributed by atoms with Gasteiger partial charge < -0.3 is 14.8 Å². The molecule has 8 nitrogen and oxygen atoms in total. The van der Waals surface area contributed by atoms with Gasteiger partial charge in [0.25, 0.3) is 0 Å². The predicted octanol–water partition coefficient (Wildman–Crippen LogP) is 0.762. The van der Waals surface area contributed by atoms with Crippen LogP contribution in [0.5, 0.6) is 0 Å². The van der Waals surface area contributed by atoms with E-state index in [1.807, 2.05) is 0 Å². The third-order valence-corrected chi connectivity index (χ3v) is 4.16. The number of anilines is 1. The number of sulfone groups is 1. The largest absolute Gasteiger partial charge is 0.369 e. The zero-order valence-electron chi connectivity index (χ0n) is 11.4. The Kier molecular flexibility index (Phi) is 2.94. The van der Waals surface area contributed by atoms with E-state index in [0.29, 0.717) is 22.7 Å². The summed E-state index contributed by atoms with van der Waals surface area (Å²) in [6, 6.07) is 4.90. The van der Waals surface area contributed by atoms with Crippen LogP contribution in [0, 0.1) is 6.92 Å². The molecule has 3 rings (SSSR count). The van der Waals surface area contributed by atoms with Gasteiger partial charge in [-0.3, -0.25) is 0 Å². The van der Waals surface area contributed by atoms with Crippen molar-refractivity contribution < 1.29 is 12.9 Å². The quantitative estimate of drug-likeness (QED) is 0.759. The average molecular weight is 307 g/mol. The number of aryl methyl sites for hydroxylation is 1. The van der Waals surface area contributed by atoms with E-state index in [9.17, 15) is 8.42 Å². The second-order valence-electron chi connectivity index (χ2n) is 4.69. The van der Waals surface area contributed by atoms with Crippen molar-refractivity contribution in [3.05, 3.63) is 29.9 Å². The van der Waals surface area contributed by atoms with Gasteiger partial charge in [-0.1, -0.05) is 11.2 Å². The Labute approximate surface area is 120 Å². The van der Waals surface area contributed by atoms with Crippen LogP contribution in [0.25, 0.3) is 11.0 Å². The molecule has 0 radical (unpaired) electrons. The van der Waals surface area contributed by atoms with Gasteiger partial charge in [-0.25, -0.2) is 13.4 Å². The van der Waals surface area contributed by atoms with E-state index >= 15 is 0 Å². The molecule has 9 heteroatoms. The average Bonchev–Trinajstić information content (AvgIpc) is 2.93. The number of nitrogens with zero attached hydrogens (tertiary/aromatic N) is 4. The van der Waals surface area contributed by atoms with Crippen molar-refractivity contribution >= 4 is 26.8 Å². The van der Waals surface area contributed by atoms with Crippen molar-refractivity contribution in [3.63, 3.8) is 0 Å². The molecule has 2 heterocycles. The summed E-state index contributed by atoms with van der Waals surface area (Å²) in [7, 11) is -3.38. The topological polar surface area (TPSA) is 117 Å². The molecule has 1 aromatic carbocycles. The Morgan fingerprint density at radius 3 is 2.71 bits per heavy atom. The minimum atomic E-state index is -3.38. The van der Waals surface area contributed by atoms with Crippen molar-refractivity contribution in [1.29, 1.82) is 0 Å². The molecule has 0 saturated heterocycles. The van der Waals surface area contributed by atoms with Crippen molar-refractivity contribution in [2.45, 2.75) is 18.4 Å². The van der Waals surface area contributed by atoms with E-state index in [0.717, 1.165) is 6.26 Å². The van der Waals surface area contributed by atoms with Crippen molar-refractivity contribution in [2.75, 3.05) is 12.0 Å². The number of hydrogen-bond donors (Lipinski definition) is 1. The summed E-state index contributed by atoms with van der Waals surface area (Å²) in [4.78, 5) is 8.40. The Morgan fingerprint density at radius 1 is 1.33 bits per heavy atom. The molecular formula is C12H13N5O3S. The summed E-state index contributed by atoms with van der Waals surface area (Å²) in [6.07, 6.45) is 1.14. The highest BCUT2D eigenvalue weighted by Crippen LogP contribution is 2.25. The zero-order chi connectivity index (χ0) is 15.2. The Balaban J connectivity index is 2.18. The molecule has 0 aliphatic carbocycles. The maximum Gasteiger partial charge on any atom is 0.246 e. The number of imidazole rings is 1. The van der Waals surface area contributed by atoms with Crippen LogP contribution in [-0.4, -0.2) is 34.4 Å². The first-order valence-corrected chi connectivity index (χ1v) is 7.99. The Hall–Kier alpha value is -2.42. The van der Waals surface area contributed by atoms with Crippen LogP contribution in [0.2, 0.25) is 0 Å². The fourth-order valence-electron chi connectivity index (χ4n) is 2.14. The second kappa shape index (κ2) is 4.55. The summed E-state index contributed by atoms with van der Waals surface area (Å²) in [5.41, 5.74) is 6.83. The van der Waals surface area contributed by atoms with Gasteiger partial charge in [0.15, 0.2) is 15.7 Å². The van der Waals surface area contributed by atoms with Crippen LogP contribution < -0.4 is 5.73 Å². The monoisotopic (exact) mass is 307 g/mol. The molecule has 0 bridgehead atoms. The molecule has 0 spiro atoms. The fourth-order valence-corrected chi connectivity index (χ4v) is 2.97. The van der Waals surface area contributed by atoms with E-state index in [4.69, 9.17) is 10.3 Å². The van der Waals surface area contributed by atoms with E-state index in [1.54, 1.807) is 23.6 Å². The first kappa shape index (κ1) is 13.6. The highest BCUT2D eigenvalue weighted by Gasteiger charge is 2.18. The number of nitrogen functional groups attached to an aromatic ring is 1. The number of para-hydroxylation sites is 1. The molecule has 110 valence electrons. The van der Waals surface area contributed by atoms with E-state index in [-0.39, 0.29) is 17.4 Å². The SMILES string of the molecule is Cc1noc(Cn2c(N)nc3c(S(C)(=O)=O)cccc32)n1. The number of benzene rings is 1. The molecular weight excluding hydrogens is 294 g/mol. The van der Waals surface area contributed by atoms with Gasteiger partial charge in [-0.05, 0) is 19.1 Å². The summed E-state index contributed by atoms with van der Waals surface area (Å²) in [5.74, 6) is 1.09. The smallest absolute Gasteiger partial charge is 0.246 e. The van der Waals surface area contributed by atoms with Crippen molar-refractivity contribution in [1.82, 2.24) is 19.7 Å². The molecule has 21 heavy (non-hydrogen) atoms. The lowest BCUT2D eigenvalue weighted by atomic mass is 10.3. The lowest BCUT2D eigenvalue weighted by Gasteiger charge is -2.03. The van der Waals surface area contributed by atoms with Gasteiger partial charge in [0.05, 0.1) is 10.4 Å². The van der Waals surface area contributed by atoms with Crippen LogP contribution in [0.1, 0.15) is 11.7 Å². The Bertz CT molecular complexity index is 926. The minimum absolute atomic E-state index is 0.146. The molecule has 0 saturated carbocycles. The predicted molar refractivity (Wildman–Crippen MR) is 75.4 cm³/mol. The Morgan fingerprint density at radius 2 is 2.10 bits per heavy atom. The first-order valence-electron chi connectivity index (χ1n) is 6.10. The molecule has 0 unspecified atom stereocenters. The molecule has 0 fully saturated rings. The lowest BCUT2D eigenvalue weighted by Crippen LogP contribution is -2.05. The molecule has 2 aromatic heterocycles. The van der Waals surface area contributed by atoms with Gasteiger partial charge in [-0.15, -0.1) is 0 Å². The second-order valence-corrected chi connectivity index (χ2v) is 6.67. The third-order valence-electron chi connectivity index (χ3n) is 3.03. The standard InChI is InChI=1S/C12H13N5O3S/c1-7-14-10(20-16-7)6-17-8-4-3-5-9(21(2,18)19)11(8)15-12(17)13/h3-5H,6H2,1-2H3,(H2,13,15). The molecule has 0 aliphatic heterocycles. The van der Waals surface area contributed by atoms with Crippen LogP contribution in [0.15, 0.2) is 27.6 Å². The van der Waals surface area contributed by atoms with Crippen LogP contribution >= 0.6 is 0 Å². The van der Waals surface area contributed by atoms with E-state index in [1.165, 1.54) is 6.07 Å². The highest BCUT2D eigenvalue weighted by atomic mass is 32.2. The molecule has 2 N–H and O–H groups in total. The molecule has 0 amide bonds. The zero-order valence-corrected chi connectivity index (χ0v) is 12.3. The van der Waals surface area contributed by atoms with E-state index < -0.39 is 9.84 Å². The van der Waals surface area contributed by atoms with Gasteiger partial charge in [0, 0.05) is 6.26 Å². The summed E-state index contributed by atoms with van der Waals surface area (Å²) < 4.78 is 30.3. The summed E-state index contributed by atoms with van der Waals surface area (Å²) in [6.45, 7) is 1.94. The molecule has 3 aromatic rings. The number of aromatic nitrogens is 4. The van der Waals surface area contributed by atoms with Crippen molar-refractivity contribution in [2.24, 2.45) is 0 Å². The van der Waals surface area contributed by atoms with Crippen LogP contribution in [0.4, 0.5) is 5.95 Å². The third kappa shape index (κ3) is 2.35. The maximum absolute atomic E-state index is 11.8. The molecule has 0 atom stereocenters. The lowest BCUT2D eigenvalue weighted by molar-refractivity contribution is 0.369.